The van der Waals surface area contributed by atoms with Crippen LogP contribution in [0.15, 0.2) is 0 Å². The minimum Gasteiger partial charge on any atom is -0.371 e. The van der Waals surface area contributed by atoms with Gasteiger partial charge in [-0.05, 0) is 46.0 Å². The first kappa shape index (κ1) is 11.7. The zero-order valence-corrected chi connectivity index (χ0v) is 10.6. The Balaban J connectivity index is 1.74. The Morgan fingerprint density at radius 1 is 1.33 bits per heavy atom. The maximum absolute atomic E-state index is 6.00. The van der Waals surface area contributed by atoms with E-state index in [1.165, 1.54) is 32.1 Å². The van der Waals surface area contributed by atoms with Gasteiger partial charge in [0.05, 0.1) is 11.7 Å². The molecule has 1 saturated carbocycles. The highest BCUT2D eigenvalue weighted by Crippen LogP contribution is 2.34. The van der Waals surface area contributed by atoms with Crippen molar-refractivity contribution in [3.63, 3.8) is 0 Å². The lowest BCUT2D eigenvalue weighted by molar-refractivity contribution is -0.0188. The van der Waals surface area contributed by atoms with Crippen molar-refractivity contribution >= 4 is 11.6 Å². The van der Waals surface area contributed by atoms with Crippen molar-refractivity contribution < 1.29 is 4.74 Å². The van der Waals surface area contributed by atoms with Gasteiger partial charge in [0.1, 0.15) is 0 Å². The van der Waals surface area contributed by atoms with E-state index in [0.29, 0.717) is 6.10 Å². The molecule has 1 atom stereocenters. The standard InChI is InChI=1S/C12H22ClNO/c1-11(2)7-4-10(15-11)8-14-12(9-13)5-3-6-12/h10,14H,3-9H2,1-2H3. The van der Waals surface area contributed by atoms with E-state index in [1.54, 1.807) is 0 Å². The van der Waals surface area contributed by atoms with E-state index in [4.69, 9.17) is 16.3 Å². The molecule has 1 unspecified atom stereocenters. The Bertz CT molecular complexity index is 220. The SMILES string of the molecule is CC1(C)CCC(CNC2(CCl)CCC2)O1. The van der Waals surface area contributed by atoms with E-state index in [0.717, 1.165) is 12.4 Å². The van der Waals surface area contributed by atoms with Crippen LogP contribution >= 0.6 is 11.6 Å². The lowest BCUT2D eigenvalue weighted by Gasteiger charge is -2.42. The fourth-order valence-corrected chi connectivity index (χ4v) is 2.87. The fraction of sp³-hybridized carbons (Fsp3) is 1.00. The molecule has 0 amide bonds. The first-order valence-corrected chi connectivity index (χ1v) is 6.58. The summed E-state index contributed by atoms with van der Waals surface area (Å²) in [6.45, 7) is 5.32. The molecule has 1 aliphatic carbocycles. The van der Waals surface area contributed by atoms with Crippen molar-refractivity contribution in [1.82, 2.24) is 5.32 Å². The van der Waals surface area contributed by atoms with E-state index in [-0.39, 0.29) is 11.1 Å². The van der Waals surface area contributed by atoms with Crippen LogP contribution in [0.3, 0.4) is 0 Å². The number of alkyl halides is 1. The molecular weight excluding hydrogens is 210 g/mol. The van der Waals surface area contributed by atoms with Crippen molar-refractivity contribution in [3.8, 4) is 0 Å². The minimum absolute atomic E-state index is 0.0834. The third-order valence-corrected chi connectivity index (χ3v) is 4.34. The molecule has 15 heavy (non-hydrogen) atoms. The highest BCUT2D eigenvalue weighted by molar-refractivity contribution is 6.18. The predicted molar refractivity (Wildman–Crippen MR) is 63.5 cm³/mol. The van der Waals surface area contributed by atoms with Crippen LogP contribution in [0.25, 0.3) is 0 Å². The number of hydrogen-bond acceptors (Lipinski definition) is 2. The van der Waals surface area contributed by atoms with Gasteiger partial charge < -0.3 is 10.1 Å². The number of hydrogen-bond donors (Lipinski definition) is 1. The molecule has 0 spiro atoms. The average molecular weight is 232 g/mol. The number of halogens is 1. The van der Waals surface area contributed by atoms with Gasteiger partial charge in [-0.2, -0.15) is 0 Å². The lowest BCUT2D eigenvalue weighted by atomic mass is 9.78. The van der Waals surface area contributed by atoms with Gasteiger partial charge in [-0.1, -0.05) is 0 Å². The Hall–Kier alpha value is 0.210. The maximum Gasteiger partial charge on any atom is 0.0708 e. The highest BCUT2D eigenvalue weighted by atomic mass is 35.5. The van der Waals surface area contributed by atoms with Crippen molar-refractivity contribution in [2.75, 3.05) is 12.4 Å². The van der Waals surface area contributed by atoms with Gasteiger partial charge in [-0.25, -0.2) is 0 Å². The summed E-state index contributed by atoms with van der Waals surface area (Å²) in [6.07, 6.45) is 6.52. The normalized spacial score (nSPS) is 32.6. The van der Waals surface area contributed by atoms with Gasteiger partial charge in [-0.15, -0.1) is 11.6 Å². The van der Waals surface area contributed by atoms with Crippen molar-refractivity contribution in [2.45, 2.75) is 63.2 Å². The van der Waals surface area contributed by atoms with Crippen LogP contribution in [0.4, 0.5) is 0 Å². The van der Waals surface area contributed by atoms with Crippen LogP contribution in [-0.4, -0.2) is 29.7 Å². The zero-order valence-electron chi connectivity index (χ0n) is 9.81. The summed E-state index contributed by atoms with van der Waals surface area (Å²) in [5.41, 5.74) is 0.317. The quantitative estimate of drug-likeness (QED) is 0.752. The molecule has 0 aromatic carbocycles. The van der Waals surface area contributed by atoms with Crippen LogP contribution in [0.5, 0.6) is 0 Å². The van der Waals surface area contributed by atoms with Gasteiger partial charge in [0.2, 0.25) is 0 Å². The van der Waals surface area contributed by atoms with E-state index in [9.17, 15) is 0 Å². The van der Waals surface area contributed by atoms with Crippen LogP contribution in [-0.2, 0) is 4.74 Å². The van der Waals surface area contributed by atoms with Gasteiger partial charge in [-0.3, -0.25) is 0 Å². The van der Waals surface area contributed by atoms with Crippen LogP contribution in [0.1, 0.15) is 46.0 Å². The molecule has 2 nitrogen and oxygen atoms in total. The van der Waals surface area contributed by atoms with Gasteiger partial charge in [0, 0.05) is 18.0 Å². The third kappa shape index (κ3) is 2.66. The molecule has 2 aliphatic rings. The van der Waals surface area contributed by atoms with Crippen molar-refractivity contribution in [1.29, 1.82) is 0 Å². The Labute approximate surface area is 97.7 Å². The number of nitrogens with one attached hydrogen (secondary N) is 1. The van der Waals surface area contributed by atoms with E-state index in [2.05, 4.69) is 19.2 Å². The van der Waals surface area contributed by atoms with E-state index >= 15 is 0 Å². The molecule has 3 heteroatoms. The summed E-state index contributed by atoms with van der Waals surface area (Å²) < 4.78 is 5.95. The summed E-state index contributed by atoms with van der Waals surface area (Å²) in [4.78, 5) is 0. The van der Waals surface area contributed by atoms with E-state index in [1.807, 2.05) is 0 Å². The van der Waals surface area contributed by atoms with Gasteiger partial charge in [0.25, 0.3) is 0 Å². The summed E-state index contributed by atoms with van der Waals surface area (Å²) >= 11 is 6.00. The molecule has 1 heterocycles. The minimum atomic E-state index is 0.0834. The van der Waals surface area contributed by atoms with E-state index < -0.39 is 0 Å². The summed E-state index contributed by atoms with van der Waals surface area (Å²) in [7, 11) is 0. The topological polar surface area (TPSA) is 21.3 Å². The zero-order chi connectivity index (χ0) is 10.9. The molecule has 1 saturated heterocycles. The second kappa shape index (κ2) is 4.23. The lowest BCUT2D eigenvalue weighted by Crippen LogP contribution is -2.54. The molecule has 0 radical (unpaired) electrons. The molecule has 88 valence electrons. The maximum atomic E-state index is 6.00. The van der Waals surface area contributed by atoms with Gasteiger partial charge >= 0.3 is 0 Å². The first-order valence-electron chi connectivity index (χ1n) is 6.04. The van der Waals surface area contributed by atoms with Crippen LogP contribution < -0.4 is 5.32 Å². The molecular formula is C12H22ClNO. The average Bonchev–Trinajstić information content (AvgIpc) is 2.45. The number of ether oxygens (including phenoxy) is 1. The Morgan fingerprint density at radius 3 is 2.47 bits per heavy atom. The monoisotopic (exact) mass is 231 g/mol. The molecule has 0 aromatic rings. The molecule has 2 fully saturated rings. The molecule has 1 aliphatic heterocycles. The Morgan fingerprint density at radius 2 is 2.07 bits per heavy atom. The molecule has 0 aromatic heterocycles. The summed E-state index contributed by atoms with van der Waals surface area (Å²) in [5, 5.41) is 3.61. The van der Waals surface area contributed by atoms with Crippen molar-refractivity contribution in [2.24, 2.45) is 0 Å². The molecule has 0 bridgehead atoms. The largest absolute Gasteiger partial charge is 0.371 e. The third-order valence-electron chi connectivity index (χ3n) is 3.83. The Kier molecular flexibility index (Phi) is 3.30. The van der Waals surface area contributed by atoms with Crippen molar-refractivity contribution in [3.05, 3.63) is 0 Å². The molecule has 2 rings (SSSR count). The smallest absolute Gasteiger partial charge is 0.0708 e. The van der Waals surface area contributed by atoms with Gasteiger partial charge in [0.15, 0.2) is 0 Å². The second-order valence-corrected chi connectivity index (χ2v) is 5.95. The second-order valence-electron chi connectivity index (χ2n) is 5.69. The highest BCUT2D eigenvalue weighted by Gasteiger charge is 2.38. The number of rotatable bonds is 4. The summed E-state index contributed by atoms with van der Waals surface area (Å²) in [5.74, 6) is 0.739. The van der Waals surface area contributed by atoms with Crippen LogP contribution in [0.2, 0.25) is 0 Å². The first-order chi connectivity index (χ1) is 7.05. The summed E-state index contributed by atoms with van der Waals surface area (Å²) in [6, 6.07) is 0. The van der Waals surface area contributed by atoms with Crippen LogP contribution in [0, 0.1) is 0 Å². The predicted octanol–water partition coefficient (Wildman–Crippen LogP) is 2.70. The molecule has 1 N–H and O–H groups in total. The fourth-order valence-electron chi connectivity index (χ4n) is 2.51.